The first kappa shape index (κ1) is 13.8. The molecule has 0 fully saturated rings. The molecule has 0 radical (unpaired) electrons. The molecule has 2 rings (SSSR count). The normalized spacial score (nSPS) is 10.7. The lowest BCUT2D eigenvalue weighted by Crippen LogP contribution is -1.99. The summed E-state index contributed by atoms with van der Waals surface area (Å²) in [5, 5.41) is 9.11. The van der Waals surface area contributed by atoms with Gasteiger partial charge in [-0.25, -0.2) is 9.78 Å². The lowest BCUT2D eigenvalue weighted by Gasteiger charge is -1.99. The van der Waals surface area contributed by atoms with Crippen molar-refractivity contribution in [1.82, 2.24) is 4.98 Å². The van der Waals surface area contributed by atoms with Gasteiger partial charge in [-0.15, -0.1) is 0 Å². The number of aromatic carboxylic acids is 1. The van der Waals surface area contributed by atoms with Crippen LogP contribution in [0.4, 0.5) is 0 Å². The Hall–Kier alpha value is -1.62. The summed E-state index contributed by atoms with van der Waals surface area (Å²) in [6.45, 7) is 3.96. The van der Waals surface area contributed by atoms with E-state index in [-0.39, 0.29) is 5.76 Å². The molecule has 1 aromatic heterocycles. The van der Waals surface area contributed by atoms with Gasteiger partial charge in [0, 0.05) is 10.0 Å². The molecular formula is C14H14BrNO3. The second-order valence-electron chi connectivity index (χ2n) is 4.31. The van der Waals surface area contributed by atoms with Gasteiger partial charge in [0.2, 0.25) is 11.7 Å². The Morgan fingerprint density at radius 1 is 1.47 bits per heavy atom. The number of aromatic nitrogens is 1. The van der Waals surface area contributed by atoms with Gasteiger partial charge in [-0.05, 0) is 31.0 Å². The van der Waals surface area contributed by atoms with Gasteiger partial charge in [-0.3, -0.25) is 0 Å². The zero-order chi connectivity index (χ0) is 14.0. The number of nitrogens with zero attached hydrogens (tertiary/aromatic N) is 1. The number of oxazole rings is 1. The molecule has 0 aliphatic heterocycles. The maximum atomic E-state index is 11.1. The largest absolute Gasteiger partial charge is 0.475 e. The van der Waals surface area contributed by atoms with Gasteiger partial charge in [-0.1, -0.05) is 35.3 Å². The standard InChI is InChI=1S/C14H14BrNO3/c1-3-4-11-12(14(17)18)19-13(16-11)9-6-5-8(2)10(15)7-9/h5-7H,3-4H2,1-2H3,(H,17,18). The van der Waals surface area contributed by atoms with Gasteiger partial charge in [0.15, 0.2) is 0 Å². The molecule has 4 nitrogen and oxygen atoms in total. The third-order valence-electron chi connectivity index (χ3n) is 2.80. The van der Waals surface area contributed by atoms with Crippen LogP contribution in [0.2, 0.25) is 0 Å². The number of rotatable bonds is 4. The first-order valence-electron chi connectivity index (χ1n) is 6.02. The molecule has 0 unspecified atom stereocenters. The number of carbonyl (C=O) groups is 1. The summed E-state index contributed by atoms with van der Waals surface area (Å²) in [5.41, 5.74) is 2.37. The quantitative estimate of drug-likeness (QED) is 0.921. The minimum Gasteiger partial charge on any atom is -0.475 e. The molecular weight excluding hydrogens is 310 g/mol. The van der Waals surface area contributed by atoms with E-state index >= 15 is 0 Å². The molecule has 0 spiro atoms. The molecule has 2 aromatic rings. The Kier molecular flexibility index (Phi) is 4.04. The van der Waals surface area contributed by atoms with E-state index in [0.29, 0.717) is 18.0 Å². The van der Waals surface area contributed by atoms with Crippen molar-refractivity contribution in [2.45, 2.75) is 26.7 Å². The number of aryl methyl sites for hydroxylation is 2. The summed E-state index contributed by atoms with van der Waals surface area (Å²) in [4.78, 5) is 15.4. The molecule has 5 heteroatoms. The molecule has 19 heavy (non-hydrogen) atoms. The third kappa shape index (κ3) is 2.87. The van der Waals surface area contributed by atoms with Crippen molar-refractivity contribution < 1.29 is 14.3 Å². The monoisotopic (exact) mass is 323 g/mol. The minimum absolute atomic E-state index is 0.0615. The van der Waals surface area contributed by atoms with Crippen molar-refractivity contribution in [1.29, 1.82) is 0 Å². The van der Waals surface area contributed by atoms with E-state index in [9.17, 15) is 4.79 Å². The molecule has 1 N–H and O–H groups in total. The fourth-order valence-electron chi connectivity index (χ4n) is 1.77. The Labute approximate surface area is 119 Å². The Morgan fingerprint density at radius 2 is 2.21 bits per heavy atom. The molecule has 1 aromatic carbocycles. The molecule has 0 amide bonds. The minimum atomic E-state index is -1.08. The van der Waals surface area contributed by atoms with Gasteiger partial charge in [0.25, 0.3) is 0 Å². The topological polar surface area (TPSA) is 63.3 Å². The summed E-state index contributed by atoms with van der Waals surface area (Å²) in [5.74, 6) is -0.788. The molecule has 0 atom stereocenters. The fraction of sp³-hybridized carbons (Fsp3) is 0.286. The summed E-state index contributed by atoms with van der Waals surface area (Å²) in [6, 6.07) is 5.68. The van der Waals surface area contributed by atoms with E-state index in [1.807, 2.05) is 32.0 Å². The molecule has 1 heterocycles. The average molecular weight is 324 g/mol. The van der Waals surface area contributed by atoms with E-state index in [2.05, 4.69) is 20.9 Å². The van der Waals surface area contributed by atoms with Gasteiger partial charge in [0.1, 0.15) is 0 Å². The summed E-state index contributed by atoms with van der Waals surface area (Å²) in [7, 11) is 0. The number of hydrogen-bond donors (Lipinski definition) is 1. The number of halogens is 1. The van der Waals surface area contributed by atoms with Gasteiger partial charge in [-0.2, -0.15) is 0 Å². The van der Waals surface area contributed by atoms with Crippen molar-refractivity contribution in [2.75, 3.05) is 0 Å². The lowest BCUT2D eigenvalue weighted by atomic mass is 10.1. The van der Waals surface area contributed by atoms with Crippen LogP contribution in [0.3, 0.4) is 0 Å². The van der Waals surface area contributed by atoms with Crippen LogP contribution in [0.1, 0.15) is 35.2 Å². The highest BCUT2D eigenvalue weighted by atomic mass is 79.9. The zero-order valence-electron chi connectivity index (χ0n) is 10.7. The molecule has 0 bridgehead atoms. The molecule has 0 aliphatic carbocycles. The summed E-state index contributed by atoms with van der Waals surface area (Å²) < 4.78 is 6.32. The highest BCUT2D eigenvalue weighted by Crippen LogP contribution is 2.27. The van der Waals surface area contributed by atoms with Crippen molar-refractivity contribution >= 4 is 21.9 Å². The average Bonchev–Trinajstić information content (AvgIpc) is 2.77. The van der Waals surface area contributed by atoms with Crippen LogP contribution in [0.15, 0.2) is 27.1 Å². The van der Waals surface area contributed by atoms with Crippen molar-refractivity contribution in [3.8, 4) is 11.5 Å². The zero-order valence-corrected chi connectivity index (χ0v) is 12.3. The lowest BCUT2D eigenvalue weighted by molar-refractivity contribution is 0.0661. The summed E-state index contributed by atoms with van der Waals surface area (Å²) >= 11 is 3.44. The van der Waals surface area contributed by atoms with E-state index < -0.39 is 5.97 Å². The maximum Gasteiger partial charge on any atom is 0.373 e. The van der Waals surface area contributed by atoms with E-state index in [1.54, 1.807) is 0 Å². The van der Waals surface area contributed by atoms with Crippen LogP contribution >= 0.6 is 15.9 Å². The first-order chi connectivity index (χ1) is 9.02. The summed E-state index contributed by atoms with van der Waals surface area (Å²) in [6.07, 6.45) is 1.42. The van der Waals surface area contributed by atoms with Crippen LogP contribution in [-0.2, 0) is 6.42 Å². The van der Waals surface area contributed by atoms with Crippen molar-refractivity contribution in [3.63, 3.8) is 0 Å². The Bertz CT molecular complexity index is 619. The van der Waals surface area contributed by atoms with E-state index in [4.69, 9.17) is 9.52 Å². The number of benzene rings is 1. The number of carboxylic acids is 1. The first-order valence-corrected chi connectivity index (χ1v) is 6.81. The van der Waals surface area contributed by atoms with Gasteiger partial charge < -0.3 is 9.52 Å². The van der Waals surface area contributed by atoms with Crippen molar-refractivity contribution in [3.05, 3.63) is 39.7 Å². The highest BCUT2D eigenvalue weighted by Gasteiger charge is 2.19. The SMILES string of the molecule is CCCc1nc(-c2ccc(C)c(Br)c2)oc1C(=O)O. The number of carboxylic acid groups (broad SMARTS) is 1. The fourth-order valence-corrected chi connectivity index (χ4v) is 2.15. The second-order valence-corrected chi connectivity index (χ2v) is 5.17. The highest BCUT2D eigenvalue weighted by molar-refractivity contribution is 9.10. The molecule has 0 aliphatic rings. The van der Waals surface area contributed by atoms with E-state index in [0.717, 1.165) is 22.0 Å². The van der Waals surface area contributed by atoms with Crippen LogP contribution in [0.5, 0.6) is 0 Å². The maximum absolute atomic E-state index is 11.1. The molecule has 0 saturated heterocycles. The van der Waals surface area contributed by atoms with Crippen LogP contribution in [0, 0.1) is 6.92 Å². The smallest absolute Gasteiger partial charge is 0.373 e. The predicted octanol–water partition coefficient (Wildman–Crippen LogP) is 4.06. The molecule has 100 valence electrons. The van der Waals surface area contributed by atoms with Crippen LogP contribution in [0.25, 0.3) is 11.5 Å². The van der Waals surface area contributed by atoms with Crippen LogP contribution in [-0.4, -0.2) is 16.1 Å². The van der Waals surface area contributed by atoms with E-state index in [1.165, 1.54) is 0 Å². The Balaban J connectivity index is 2.47. The van der Waals surface area contributed by atoms with Crippen LogP contribution < -0.4 is 0 Å². The third-order valence-corrected chi connectivity index (χ3v) is 3.65. The molecule has 0 saturated carbocycles. The van der Waals surface area contributed by atoms with Gasteiger partial charge in [0.05, 0.1) is 5.69 Å². The predicted molar refractivity (Wildman–Crippen MR) is 75.3 cm³/mol. The van der Waals surface area contributed by atoms with Gasteiger partial charge >= 0.3 is 5.97 Å². The Morgan fingerprint density at radius 3 is 2.79 bits per heavy atom. The van der Waals surface area contributed by atoms with Crippen molar-refractivity contribution in [2.24, 2.45) is 0 Å². The number of hydrogen-bond acceptors (Lipinski definition) is 3. The second kappa shape index (κ2) is 5.57.